The zero-order valence-electron chi connectivity index (χ0n) is 18.7. The quantitative estimate of drug-likeness (QED) is 0.497. The minimum atomic E-state index is -0.566. The number of amides is 1. The van der Waals surface area contributed by atoms with Crippen LogP contribution in [0.4, 0.5) is 11.4 Å². The monoisotopic (exact) mass is 467 g/mol. The van der Waals surface area contributed by atoms with E-state index in [0.29, 0.717) is 22.0 Å². The molecule has 0 atom stereocenters. The zero-order valence-corrected chi connectivity index (χ0v) is 19.4. The molecular weight excluding hydrogens is 442 g/mol. The van der Waals surface area contributed by atoms with Gasteiger partial charge in [0.25, 0.3) is 0 Å². The SMILES string of the molecule is COC(=O)c1cc(-c2ccc(N3CCCCC3)cc2)c(Cl)cc1NC(=O)Cc1cc(C)no1. The third kappa shape index (κ3) is 5.37. The van der Waals surface area contributed by atoms with Gasteiger partial charge in [-0.05, 0) is 56.0 Å². The van der Waals surface area contributed by atoms with Crippen LogP contribution < -0.4 is 10.2 Å². The van der Waals surface area contributed by atoms with Gasteiger partial charge in [-0.3, -0.25) is 4.79 Å². The number of halogens is 1. The Labute approximate surface area is 197 Å². The number of carbonyl (C=O) groups excluding carboxylic acids is 2. The Bertz CT molecular complexity index is 1150. The number of methoxy groups -OCH3 is 1. The fourth-order valence-electron chi connectivity index (χ4n) is 4.03. The van der Waals surface area contributed by atoms with Gasteiger partial charge in [0.05, 0.1) is 35.5 Å². The van der Waals surface area contributed by atoms with Gasteiger partial charge < -0.3 is 19.5 Å². The number of esters is 1. The van der Waals surface area contributed by atoms with E-state index in [1.165, 1.54) is 32.1 Å². The Kier molecular flexibility index (Phi) is 6.99. The van der Waals surface area contributed by atoms with E-state index in [2.05, 4.69) is 27.5 Å². The maximum absolute atomic E-state index is 12.5. The summed E-state index contributed by atoms with van der Waals surface area (Å²) in [7, 11) is 1.30. The first-order valence-electron chi connectivity index (χ1n) is 10.9. The smallest absolute Gasteiger partial charge is 0.339 e. The van der Waals surface area contributed by atoms with Crippen LogP contribution >= 0.6 is 11.6 Å². The van der Waals surface area contributed by atoms with Crippen LogP contribution in [0.1, 0.15) is 41.1 Å². The standard InChI is InChI=1S/C25H26ClN3O4/c1-16-12-19(33-28-16)13-24(30)27-23-15-22(26)20(14-21(23)25(31)32-2)17-6-8-18(9-7-17)29-10-4-3-5-11-29/h6-9,12,14-15H,3-5,10-11,13H2,1-2H3,(H,27,30). The Morgan fingerprint density at radius 3 is 2.48 bits per heavy atom. The van der Waals surface area contributed by atoms with Crippen LogP contribution in [0.3, 0.4) is 0 Å². The number of hydrogen-bond donors (Lipinski definition) is 1. The number of aryl methyl sites for hydroxylation is 1. The Morgan fingerprint density at radius 1 is 1.12 bits per heavy atom. The maximum atomic E-state index is 12.5. The van der Waals surface area contributed by atoms with Crippen LogP contribution in [-0.2, 0) is 16.0 Å². The molecular formula is C25H26ClN3O4. The second-order valence-corrected chi connectivity index (χ2v) is 8.53. The normalized spacial score (nSPS) is 13.6. The molecule has 172 valence electrons. The summed E-state index contributed by atoms with van der Waals surface area (Å²) in [4.78, 5) is 27.4. The summed E-state index contributed by atoms with van der Waals surface area (Å²) in [5, 5.41) is 6.93. The molecule has 1 aliphatic rings. The second-order valence-electron chi connectivity index (χ2n) is 8.12. The maximum Gasteiger partial charge on any atom is 0.339 e. The van der Waals surface area contributed by atoms with E-state index in [0.717, 1.165) is 18.7 Å². The van der Waals surface area contributed by atoms with E-state index >= 15 is 0 Å². The Hall–Kier alpha value is -3.32. The van der Waals surface area contributed by atoms with E-state index in [1.54, 1.807) is 25.1 Å². The first-order valence-corrected chi connectivity index (χ1v) is 11.3. The average Bonchev–Trinajstić information content (AvgIpc) is 3.23. The van der Waals surface area contributed by atoms with Crippen molar-refractivity contribution >= 4 is 34.9 Å². The summed E-state index contributed by atoms with van der Waals surface area (Å²) in [6.07, 6.45) is 3.68. The molecule has 1 saturated heterocycles. The van der Waals surface area contributed by atoms with Gasteiger partial charge in [0.2, 0.25) is 5.91 Å². The second kappa shape index (κ2) is 10.1. The molecule has 1 aromatic heterocycles. The number of carbonyl (C=O) groups is 2. The van der Waals surface area contributed by atoms with Crippen molar-refractivity contribution in [2.75, 3.05) is 30.4 Å². The molecule has 1 amide bonds. The number of benzene rings is 2. The highest BCUT2D eigenvalue weighted by Crippen LogP contribution is 2.35. The molecule has 0 aliphatic carbocycles. The van der Waals surface area contributed by atoms with Crippen molar-refractivity contribution in [1.82, 2.24) is 5.16 Å². The number of hydrogen-bond acceptors (Lipinski definition) is 6. The number of ether oxygens (including phenoxy) is 1. The van der Waals surface area contributed by atoms with Gasteiger partial charge >= 0.3 is 5.97 Å². The summed E-state index contributed by atoms with van der Waals surface area (Å²) >= 11 is 6.58. The van der Waals surface area contributed by atoms with Gasteiger partial charge in [-0.2, -0.15) is 0 Å². The van der Waals surface area contributed by atoms with Gasteiger partial charge in [-0.25, -0.2) is 4.79 Å². The molecule has 3 aromatic rings. The van der Waals surface area contributed by atoms with Crippen molar-refractivity contribution in [3.8, 4) is 11.1 Å². The third-order valence-electron chi connectivity index (χ3n) is 5.70. The van der Waals surface area contributed by atoms with Crippen LogP contribution in [0.25, 0.3) is 11.1 Å². The molecule has 33 heavy (non-hydrogen) atoms. The molecule has 0 unspecified atom stereocenters. The van der Waals surface area contributed by atoms with Crippen LogP contribution in [0.5, 0.6) is 0 Å². The number of aromatic nitrogens is 1. The fourth-order valence-corrected chi connectivity index (χ4v) is 4.31. The largest absolute Gasteiger partial charge is 0.465 e. The van der Waals surface area contributed by atoms with E-state index in [-0.39, 0.29) is 23.6 Å². The number of nitrogens with zero attached hydrogens (tertiary/aromatic N) is 2. The predicted molar refractivity (Wildman–Crippen MR) is 128 cm³/mol. The highest BCUT2D eigenvalue weighted by molar-refractivity contribution is 6.34. The van der Waals surface area contributed by atoms with E-state index in [9.17, 15) is 9.59 Å². The molecule has 1 aliphatic heterocycles. The van der Waals surface area contributed by atoms with Crippen molar-refractivity contribution in [2.45, 2.75) is 32.6 Å². The number of nitrogens with one attached hydrogen (secondary N) is 1. The molecule has 4 rings (SSSR count). The van der Waals surface area contributed by atoms with Crippen molar-refractivity contribution < 1.29 is 18.8 Å². The zero-order chi connectivity index (χ0) is 23.4. The van der Waals surface area contributed by atoms with Gasteiger partial charge in [-0.15, -0.1) is 0 Å². The van der Waals surface area contributed by atoms with Gasteiger partial charge in [0, 0.05) is 30.4 Å². The lowest BCUT2D eigenvalue weighted by Crippen LogP contribution is -2.29. The number of anilines is 2. The minimum Gasteiger partial charge on any atom is -0.465 e. The highest BCUT2D eigenvalue weighted by atomic mass is 35.5. The van der Waals surface area contributed by atoms with Crippen molar-refractivity contribution in [3.63, 3.8) is 0 Å². The lowest BCUT2D eigenvalue weighted by Gasteiger charge is -2.29. The molecule has 7 nitrogen and oxygen atoms in total. The van der Waals surface area contributed by atoms with Crippen LogP contribution in [-0.4, -0.2) is 37.2 Å². The number of rotatable bonds is 6. The fraction of sp³-hybridized carbons (Fsp3) is 0.320. The molecule has 0 radical (unpaired) electrons. The molecule has 0 saturated carbocycles. The highest BCUT2D eigenvalue weighted by Gasteiger charge is 2.19. The topological polar surface area (TPSA) is 84.7 Å². The summed E-state index contributed by atoms with van der Waals surface area (Å²) < 4.78 is 10.0. The average molecular weight is 468 g/mol. The minimum absolute atomic E-state index is 0.0151. The number of piperidine rings is 1. The third-order valence-corrected chi connectivity index (χ3v) is 6.01. The Morgan fingerprint density at radius 2 is 1.85 bits per heavy atom. The van der Waals surface area contributed by atoms with Crippen molar-refractivity contribution in [2.24, 2.45) is 0 Å². The first kappa shape index (κ1) is 22.9. The summed E-state index contributed by atoms with van der Waals surface area (Å²) in [6, 6.07) is 13.1. The van der Waals surface area contributed by atoms with Crippen LogP contribution in [0.15, 0.2) is 47.0 Å². The van der Waals surface area contributed by atoms with Gasteiger partial charge in [0.15, 0.2) is 0 Å². The molecule has 2 aromatic carbocycles. The first-order chi connectivity index (χ1) is 15.9. The molecule has 8 heteroatoms. The summed E-state index contributed by atoms with van der Waals surface area (Å²) in [5.74, 6) is -0.490. The lowest BCUT2D eigenvalue weighted by atomic mass is 10.0. The molecule has 1 fully saturated rings. The summed E-state index contributed by atoms with van der Waals surface area (Å²) in [6.45, 7) is 3.90. The molecule has 0 bridgehead atoms. The predicted octanol–water partition coefficient (Wildman–Crippen LogP) is 5.26. The van der Waals surface area contributed by atoms with Crippen LogP contribution in [0.2, 0.25) is 5.02 Å². The van der Waals surface area contributed by atoms with E-state index < -0.39 is 5.97 Å². The Balaban J connectivity index is 1.59. The lowest BCUT2D eigenvalue weighted by molar-refractivity contribution is -0.115. The van der Waals surface area contributed by atoms with Crippen molar-refractivity contribution in [1.29, 1.82) is 0 Å². The van der Waals surface area contributed by atoms with Crippen molar-refractivity contribution in [3.05, 3.63) is 64.5 Å². The van der Waals surface area contributed by atoms with E-state index in [1.807, 2.05) is 12.1 Å². The molecule has 0 spiro atoms. The molecule has 1 N–H and O–H groups in total. The van der Waals surface area contributed by atoms with Gasteiger partial charge in [0.1, 0.15) is 5.76 Å². The van der Waals surface area contributed by atoms with E-state index in [4.69, 9.17) is 20.9 Å². The van der Waals surface area contributed by atoms with Gasteiger partial charge in [-0.1, -0.05) is 28.9 Å². The molecule has 2 heterocycles. The summed E-state index contributed by atoms with van der Waals surface area (Å²) in [5.41, 5.74) is 3.92. The van der Waals surface area contributed by atoms with Crippen LogP contribution in [0, 0.1) is 6.92 Å².